The zero-order chi connectivity index (χ0) is 31.1. The number of halogens is 3. The maximum absolute atomic E-state index is 13.8. The molecular weight excluding hydrogens is 602 g/mol. The number of ether oxygens (including phenoxy) is 1. The number of alkyl carbamates (subject to hydrolysis) is 1. The van der Waals surface area contributed by atoms with Crippen molar-refractivity contribution in [3.05, 3.63) is 82.1 Å². The van der Waals surface area contributed by atoms with Gasteiger partial charge in [0.15, 0.2) is 0 Å². The molecule has 2 heterocycles. The maximum Gasteiger partial charge on any atom is 0.407 e. The predicted octanol–water partition coefficient (Wildman–Crippen LogP) is 3.76. The molecule has 43 heavy (non-hydrogen) atoms. The first kappa shape index (κ1) is 32.1. The van der Waals surface area contributed by atoms with Gasteiger partial charge in [0.2, 0.25) is 11.8 Å². The molecule has 11 nitrogen and oxygen atoms in total. The molecule has 0 radical (unpaired) electrons. The van der Waals surface area contributed by atoms with Crippen LogP contribution in [0.3, 0.4) is 0 Å². The summed E-state index contributed by atoms with van der Waals surface area (Å²) >= 11 is 12.3. The molecule has 4 rings (SSSR count). The van der Waals surface area contributed by atoms with E-state index >= 15 is 0 Å². The zero-order valence-electron chi connectivity index (χ0n) is 23.6. The van der Waals surface area contributed by atoms with Crippen LogP contribution in [0.15, 0.2) is 55.1 Å². The second-order valence-corrected chi connectivity index (χ2v) is 11.0. The van der Waals surface area contributed by atoms with Gasteiger partial charge < -0.3 is 25.2 Å². The second kappa shape index (κ2) is 14.5. The lowest BCUT2D eigenvalue weighted by Crippen LogP contribution is -2.75. The summed E-state index contributed by atoms with van der Waals surface area (Å²) in [6.45, 7) is 3.99. The topological polar surface area (TPSA) is 115 Å². The number of benzene rings is 2. The number of nitrogens with one attached hydrogen (secondary N) is 2. The number of carbonyl (C=O) groups is 4. The Morgan fingerprint density at radius 1 is 1.09 bits per heavy atom. The average Bonchev–Trinajstić information content (AvgIpc) is 2.97. The lowest BCUT2D eigenvalue weighted by Gasteiger charge is -2.54. The summed E-state index contributed by atoms with van der Waals surface area (Å²) in [7, 11) is 1.63. The van der Waals surface area contributed by atoms with Gasteiger partial charge in [-0.1, -0.05) is 54.1 Å². The van der Waals surface area contributed by atoms with Gasteiger partial charge in [-0.25, -0.2) is 24.0 Å². The van der Waals surface area contributed by atoms with Gasteiger partial charge in [-0.2, -0.15) is 0 Å². The third-order valence-corrected chi connectivity index (χ3v) is 7.86. The van der Waals surface area contributed by atoms with E-state index in [-0.39, 0.29) is 63.4 Å². The number of hydrogen-bond donors (Lipinski definition) is 2. The minimum atomic E-state index is -0.888. The van der Waals surface area contributed by atoms with Crippen molar-refractivity contribution in [3.8, 4) is 0 Å². The summed E-state index contributed by atoms with van der Waals surface area (Å²) in [5.74, 6) is -0.981. The van der Waals surface area contributed by atoms with Gasteiger partial charge >= 0.3 is 12.1 Å². The van der Waals surface area contributed by atoms with Gasteiger partial charge in [-0.3, -0.25) is 9.59 Å². The number of hydrogen-bond acceptors (Lipinski definition) is 6. The van der Waals surface area contributed by atoms with E-state index in [1.54, 1.807) is 42.3 Å². The molecule has 0 saturated carbocycles. The van der Waals surface area contributed by atoms with Gasteiger partial charge in [0, 0.05) is 26.7 Å². The fraction of sp³-hybridized carbons (Fsp3) is 0.379. The van der Waals surface area contributed by atoms with Gasteiger partial charge in [0.05, 0.1) is 23.1 Å². The Balaban J connectivity index is 1.55. The van der Waals surface area contributed by atoms with Crippen molar-refractivity contribution in [2.45, 2.75) is 38.1 Å². The highest BCUT2D eigenvalue weighted by Gasteiger charge is 2.50. The molecule has 0 aromatic heterocycles. The molecule has 0 spiro atoms. The zero-order valence-corrected chi connectivity index (χ0v) is 25.1. The van der Waals surface area contributed by atoms with E-state index in [1.807, 2.05) is 0 Å². The number of piperazine rings is 1. The normalized spacial score (nSPS) is 18.7. The Labute approximate surface area is 259 Å². The summed E-state index contributed by atoms with van der Waals surface area (Å²) < 4.78 is 18.3. The monoisotopic (exact) mass is 634 g/mol. The highest BCUT2D eigenvalue weighted by Crippen LogP contribution is 2.30. The van der Waals surface area contributed by atoms with Crippen molar-refractivity contribution >= 4 is 47.1 Å². The van der Waals surface area contributed by atoms with Crippen molar-refractivity contribution in [1.29, 1.82) is 0 Å². The maximum atomic E-state index is 13.8. The van der Waals surface area contributed by atoms with Crippen LogP contribution < -0.4 is 10.6 Å². The molecule has 0 aliphatic carbocycles. The van der Waals surface area contributed by atoms with Crippen molar-refractivity contribution in [1.82, 2.24) is 30.5 Å². The van der Waals surface area contributed by atoms with Crippen LogP contribution in [0.1, 0.15) is 24.0 Å². The second-order valence-electron chi connectivity index (χ2n) is 10.2. The lowest BCUT2D eigenvalue weighted by molar-refractivity contribution is -0.188. The summed E-state index contributed by atoms with van der Waals surface area (Å²) in [5, 5.41) is 9.11. The summed E-state index contributed by atoms with van der Waals surface area (Å²) in [6, 6.07) is 9.45. The molecule has 1 unspecified atom stereocenters. The van der Waals surface area contributed by atoms with E-state index in [0.717, 1.165) is 5.56 Å². The van der Waals surface area contributed by atoms with E-state index in [9.17, 15) is 23.6 Å². The Bertz CT molecular complexity index is 1360. The molecule has 2 aliphatic heterocycles. The van der Waals surface area contributed by atoms with Gasteiger partial charge in [-0.15, -0.1) is 0 Å². The van der Waals surface area contributed by atoms with Gasteiger partial charge in [0.1, 0.15) is 24.6 Å². The summed E-state index contributed by atoms with van der Waals surface area (Å²) in [5.41, 5.74) is 1.42. The van der Waals surface area contributed by atoms with Gasteiger partial charge in [-0.05, 0) is 48.2 Å². The van der Waals surface area contributed by atoms with E-state index in [4.69, 9.17) is 27.9 Å². The molecule has 0 bridgehead atoms. The highest BCUT2D eigenvalue weighted by molar-refractivity contribution is 6.42. The number of likely N-dealkylation sites (N-methyl/N-ethyl adjacent to an activating group) is 1. The van der Waals surface area contributed by atoms with E-state index in [1.165, 1.54) is 33.1 Å². The Morgan fingerprint density at radius 3 is 2.51 bits per heavy atom. The number of nitrogens with zero attached hydrogens (tertiary/aromatic N) is 4. The number of rotatable bonds is 10. The molecule has 2 atom stereocenters. The summed E-state index contributed by atoms with van der Waals surface area (Å²) in [6.07, 6.45) is 0.617. The van der Waals surface area contributed by atoms with Crippen LogP contribution in [0.2, 0.25) is 10.0 Å². The number of carbonyl (C=O) groups excluding carboxylic acids is 4. The fourth-order valence-electron chi connectivity index (χ4n) is 5.12. The smallest absolute Gasteiger partial charge is 0.407 e. The molecule has 2 aromatic carbocycles. The van der Waals surface area contributed by atoms with Crippen LogP contribution in [0, 0.1) is 5.82 Å². The molecule has 5 amide bonds. The lowest BCUT2D eigenvalue weighted by atomic mass is 10.0. The molecule has 230 valence electrons. The minimum Gasteiger partial charge on any atom is -0.445 e. The first-order chi connectivity index (χ1) is 20.6. The molecule has 2 saturated heterocycles. The third-order valence-electron chi connectivity index (χ3n) is 7.12. The van der Waals surface area contributed by atoms with Crippen LogP contribution in [-0.4, -0.2) is 89.3 Å². The van der Waals surface area contributed by atoms with Crippen molar-refractivity contribution < 1.29 is 28.3 Å². The van der Waals surface area contributed by atoms with E-state index in [2.05, 4.69) is 17.2 Å². The quantitative estimate of drug-likeness (QED) is 0.304. The van der Waals surface area contributed by atoms with Crippen molar-refractivity contribution in [2.24, 2.45) is 0 Å². The molecule has 2 N–H and O–H groups in total. The molecular formula is C29H33Cl2FN6O5. The number of urea groups is 1. The fourth-order valence-corrected chi connectivity index (χ4v) is 5.44. The molecule has 2 aliphatic rings. The first-order valence-electron chi connectivity index (χ1n) is 13.7. The average molecular weight is 636 g/mol. The van der Waals surface area contributed by atoms with E-state index < -0.39 is 24.3 Å². The molecule has 2 fully saturated rings. The highest BCUT2D eigenvalue weighted by atomic mass is 35.5. The molecule has 2 aromatic rings. The number of fused-ring (bicyclic) bond motifs is 1. The Hall–Kier alpha value is -3.87. The van der Waals surface area contributed by atoms with Crippen molar-refractivity contribution in [2.75, 3.05) is 33.3 Å². The third kappa shape index (κ3) is 7.95. The van der Waals surface area contributed by atoms with Crippen molar-refractivity contribution in [3.63, 3.8) is 0 Å². The van der Waals surface area contributed by atoms with Crippen LogP contribution >= 0.6 is 23.2 Å². The largest absolute Gasteiger partial charge is 0.445 e. The van der Waals surface area contributed by atoms with E-state index in [0.29, 0.717) is 22.0 Å². The predicted molar refractivity (Wildman–Crippen MR) is 158 cm³/mol. The van der Waals surface area contributed by atoms with Crippen LogP contribution in [0.5, 0.6) is 0 Å². The van der Waals surface area contributed by atoms with Gasteiger partial charge in [0.25, 0.3) is 0 Å². The van der Waals surface area contributed by atoms with Crippen LogP contribution in [0.25, 0.3) is 0 Å². The van der Waals surface area contributed by atoms with Crippen LogP contribution in [0.4, 0.5) is 14.0 Å². The first-order valence-corrected chi connectivity index (χ1v) is 14.4. The molecule has 14 heteroatoms. The Kier molecular flexibility index (Phi) is 10.8. The number of hydrazine groups is 1. The Morgan fingerprint density at radius 2 is 1.81 bits per heavy atom. The summed E-state index contributed by atoms with van der Waals surface area (Å²) in [4.78, 5) is 55.6. The number of amides is 5. The van der Waals surface area contributed by atoms with Crippen LogP contribution in [-0.2, 0) is 27.4 Å². The SMILES string of the molecule is C=CCOC(=O)NCCC[C@H]1C(=O)N(Cc2ccc(Cl)c(Cl)c2)CC2N1C(=O)CN(C)N2C(=O)NCc1ccc(F)cc1. The standard InChI is InChI=1S/C29H33Cl2FN6O5/c1-3-13-43-29(42)33-12-4-5-24-27(40)36(16-20-8-11-22(30)23(31)14-20)17-25-37(24)26(39)18-35(2)38(25)28(41)34-15-19-6-9-21(32)10-7-19/h3,6-11,14,24-25H,1,4-5,12-13,15-18H2,2H3,(H,33,42)(H,34,41)/t24-,25?/m0/s1. The minimum absolute atomic E-state index is 0.0434.